The molecule has 1 aromatic carbocycles. The molecule has 0 spiro atoms. The van der Waals surface area contributed by atoms with Crippen LogP contribution in [0.3, 0.4) is 0 Å². The van der Waals surface area contributed by atoms with E-state index in [1.54, 1.807) is 18.4 Å². The molecular formula is C21H31N5O2S. The summed E-state index contributed by atoms with van der Waals surface area (Å²) in [4.78, 5) is 11.2. The Bertz CT molecular complexity index is 774. The van der Waals surface area contributed by atoms with Gasteiger partial charge in [-0.25, -0.2) is 4.98 Å². The van der Waals surface area contributed by atoms with Gasteiger partial charge in [0.25, 0.3) is 0 Å². The largest absolute Gasteiger partial charge is 0.492 e. The molecule has 0 radical (unpaired) electrons. The van der Waals surface area contributed by atoms with E-state index in [1.165, 1.54) is 0 Å². The van der Waals surface area contributed by atoms with Gasteiger partial charge < -0.3 is 20.1 Å². The Hall–Kier alpha value is -2.16. The maximum Gasteiger partial charge on any atom is 0.191 e. The number of aryl methyl sites for hydroxylation is 1. The first-order chi connectivity index (χ1) is 14.2. The van der Waals surface area contributed by atoms with Gasteiger partial charge in [0.2, 0.25) is 0 Å². The fourth-order valence-electron chi connectivity index (χ4n) is 3.13. The van der Waals surface area contributed by atoms with E-state index in [2.05, 4.69) is 37.0 Å². The van der Waals surface area contributed by atoms with E-state index >= 15 is 0 Å². The summed E-state index contributed by atoms with van der Waals surface area (Å²) in [5.74, 6) is 1.70. The predicted octanol–water partition coefficient (Wildman–Crippen LogP) is 2.07. The molecule has 1 fully saturated rings. The molecule has 0 saturated carbocycles. The molecule has 0 bridgehead atoms. The third-order valence-electron chi connectivity index (χ3n) is 4.75. The van der Waals surface area contributed by atoms with Gasteiger partial charge >= 0.3 is 0 Å². The first-order valence-corrected chi connectivity index (χ1v) is 11.0. The smallest absolute Gasteiger partial charge is 0.191 e. The SMILES string of the molecule is CN=C(NCCc1csc(C)n1)NCc1ccccc1OCCN1CCOCC1. The maximum absolute atomic E-state index is 6.06. The Morgan fingerprint density at radius 1 is 1.28 bits per heavy atom. The minimum Gasteiger partial charge on any atom is -0.492 e. The van der Waals surface area contributed by atoms with Crippen molar-refractivity contribution in [3.63, 3.8) is 0 Å². The number of aliphatic imine (C=N–C) groups is 1. The van der Waals surface area contributed by atoms with Gasteiger partial charge in [-0.15, -0.1) is 11.3 Å². The number of aromatic nitrogens is 1. The predicted molar refractivity (Wildman–Crippen MR) is 118 cm³/mol. The zero-order chi connectivity index (χ0) is 20.3. The van der Waals surface area contributed by atoms with E-state index < -0.39 is 0 Å². The topological polar surface area (TPSA) is 71.0 Å². The van der Waals surface area contributed by atoms with Gasteiger partial charge in [0.15, 0.2) is 5.96 Å². The van der Waals surface area contributed by atoms with Gasteiger partial charge in [0.1, 0.15) is 12.4 Å². The highest BCUT2D eigenvalue weighted by Gasteiger charge is 2.11. The lowest BCUT2D eigenvalue weighted by molar-refractivity contribution is 0.0322. The Balaban J connectivity index is 1.42. The fraction of sp³-hybridized carbons (Fsp3) is 0.524. The molecule has 158 valence electrons. The van der Waals surface area contributed by atoms with E-state index in [1.807, 2.05) is 25.1 Å². The summed E-state index contributed by atoms with van der Waals surface area (Å²) in [6, 6.07) is 8.16. The lowest BCUT2D eigenvalue weighted by atomic mass is 10.2. The van der Waals surface area contributed by atoms with Gasteiger partial charge in [-0.2, -0.15) is 0 Å². The number of rotatable bonds is 9. The number of benzene rings is 1. The van der Waals surface area contributed by atoms with Crippen LogP contribution < -0.4 is 15.4 Å². The number of hydrogen-bond acceptors (Lipinski definition) is 6. The first kappa shape index (κ1) is 21.5. The summed E-state index contributed by atoms with van der Waals surface area (Å²) in [5, 5.41) is 9.93. The molecule has 1 aromatic heterocycles. The normalized spacial score (nSPS) is 15.3. The summed E-state index contributed by atoms with van der Waals surface area (Å²) < 4.78 is 11.4. The lowest BCUT2D eigenvalue weighted by Gasteiger charge is -2.26. The number of ether oxygens (including phenoxy) is 2. The summed E-state index contributed by atoms with van der Waals surface area (Å²) in [5.41, 5.74) is 2.24. The van der Waals surface area contributed by atoms with Gasteiger partial charge in [0, 0.05) is 57.1 Å². The highest BCUT2D eigenvalue weighted by molar-refractivity contribution is 7.09. The van der Waals surface area contributed by atoms with Crippen molar-refractivity contribution >= 4 is 17.3 Å². The summed E-state index contributed by atoms with van der Waals surface area (Å²) in [7, 11) is 1.78. The van der Waals surface area contributed by atoms with Gasteiger partial charge in [0.05, 0.1) is 23.9 Å². The van der Waals surface area contributed by atoms with Crippen molar-refractivity contribution in [3.8, 4) is 5.75 Å². The molecule has 1 aliphatic heterocycles. The Morgan fingerprint density at radius 3 is 2.86 bits per heavy atom. The highest BCUT2D eigenvalue weighted by Crippen LogP contribution is 2.17. The van der Waals surface area contributed by atoms with E-state index in [9.17, 15) is 0 Å². The van der Waals surface area contributed by atoms with Crippen LogP contribution in [0.5, 0.6) is 5.75 Å². The second-order valence-electron chi connectivity index (χ2n) is 6.87. The minimum absolute atomic E-state index is 0.656. The monoisotopic (exact) mass is 417 g/mol. The second-order valence-corrected chi connectivity index (χ2v) is 7.93. The molecule has 3 rings (SSSR count). The van der Waals surface area contributed by atoms with Crippen LogP contribution in [0.4, 0.5) is 0 Å². The molecule has 8 heteroatoms. The minimum atomic E-state index is 0.656. The molecule has 2 aromatic rings. The Kier molecular flexibility index (Phi) is 8.73. The van der Waals surface area contributed by atoms with Crippen molar-refractivity contribution in [1.29, 1.82) is 0 Å². The first-order valence-electron chi connectivity index (χ1n) is 10.1. The average molecular weight is 418 g/mol. The van der Waals surface area contributed by atoms with E-state index in [0.717, 1.165) is 73.8 Å². The summed E-state index contributed by atoms with van der Waals surface area (Å²) in [6.07, 6.45) is 0.881. The molecule has 1 aliphatic rings. The number of nitrogens with zero attached hydrogens (tertiary/aromatic N) is 3. The third-order valence-corrected chi connectivity index (χ3v) is 5.57. The van der Waals surface area contributed by atoms with Crippen LogP contribution in [0.1, 0.15) is 16.3 Å². The van der Waals surface area contributed by atoms with E-state index in [4.69, 9.17) is 9.47 Å². The zero-order valence-electron chi connectivity index (χ0n) is 17.3. The number of thiazole rings is 1. The van der Waals surface area contributed by atoms with Crippen LogP contribution in [0.25, 0.3) is 0 Å². The van der Waals surface area contributed by atoms with Crippen LogP contribution in [0.2, 0.25) is 0 Å². The molecule has 29 heavy (non-hydrogen) atoms. The van der Waals surface area contributed by atoms with Crippen LogP contribution >= 0.6 is 11.3 Å². The third kappa shape index (κ3) is 7.30. The number of guanidine groups is 1. The van der Waals surface area contributed by atoms with Gasteiger partial charge in [-0.3, -0.25) is 9.89 Å². The van der Waals surface area contributed by atoms with Crippen LogP contribution in [-0.4, -0.2) is 68.9 Å². The van der Waals surface area contributed by atoms with Crippen molar-refractivity contribution in [2.75, 3.05) is 53.0 Å². The second kappa shape index (κ2) is 11.7. The van der Waals surface area contributed by atoms with Crippen molar-refractivity contribution in [1.82, 2.24) is 20.5 Å². The lowest BCUT2D eigenvalue weighted by Crippen LogP contribution is -2.39. The summed E-state index contributed by atoms with van der Waals surface area (Å²) in [6.45, 7) is 8.67. The molecule has 0 unspecified atom stereocenters. The fourth-order valence-corrected chi connectivity index (χ4v) is 3.78. The number of nitrogens with one attached hydrogen (secondary N) is 2. The van der Waals surface area contributed by atoms with Crippen molar-refractivity contribution in [3.05, 3.63) is 45.9 Å². The summed E-state index contributed by atoms with van der Waals surface area (Å²) >= 11 is 1.69. The Morgan fingerprint density at radius 2 is 2.10 bits per heavy atom. The molecule has 1 saturated heterocycles. The van der Waals surface area contributed by atoms with Crippen molar-refractivity contribution in [2.24, 2.45) is 4.99 Å². The van der Waals surface area contributed by atoms with Gasteiger partial charge in [-0.05, 0) is 13.0 Å². The molecular weight excluding hydrogens is 386 g/mol. The van der Waals surface area contributed by atoms with Crippen molar-refractivity contribution < 1.29 is 9.47 Å². The molecule has 2 N–H and O–H groups in total. The van der Waals surface area contributed by atoms with Crippen LogP contribution in [-0.2, 0) is 17.7 Å². The average Bonchev–Trinajstić information content (AvgIpc) is 3.17. The Labute approximate surface area is 177 Å². The molecule has 7 nitrogen and oxygen atoms in total. The van der Waals surface area contributed by atoms with Crippen LogP contribution in [0.15, 0.2) is 34.6 Å². The van der Waals surface area contributed by atoms with Gasteiger partial charge in [-0.1, -0.05) is 18.2 Å². The maximum atomic E-state index is 6.06. The highest BCUT2D eigenvalue weighted by atomic mass is 32.1. The van der Waals surface area contributed by atoms with Crippen LogP contribution in [0, 0.1) is 6.92 Å². The van der Waals surface area contributed by atoms with Crippen molar-refractivity contribution in [2.45, 2.75) is 19.9 Å². The standard InChI is InChI=1S/C21H31N5O2S/c1-17-25-19(16-29-17)7-8-23-21(22-2)24-15-18-5-3-4-6-20(18)28-14-11-26-9-12-27-13-10-26/h3-6,16H,7-15H2,1-2H3,(H2,22,23,24). The van der Waals surface area contributed by atoms with E-state index in [0.29, 0.717) is 13.2 Å². The number of morpholine rings is 1. The number of para-hydroxylation sites is 1. The quantitative estimate of drug-likeness (QED) is 0.481. The molecule has 0 amide bonds. The molecule has 0 atom stereocenters. The zero-order valence-corrected chi connectivity index (χ0v) is 18.1. The molecule has 0 aliphatic carbocycles. The molecule has 2 heterocycles. The number of hydrogen-bond donors (Lipinski definition) is 2. The van der Waals surface area contributed by atoms with E-state index in [-0.39, 0.29) is 0 Å².